The fourth-order valence-electron chi connectivity index (χ4n) is 1.29. The third-order valence-corrected chi connectivity index (χ3v) is 1.90. The summed E-state index contributed by atoms with van der Waals surface area (Å²) in [5.41, 5.74) is 0.802. The molecule has 1 atom stereocenters. The SMILES string of the molecule is Cc1cc(OC(F)(F)F)ccc1C(C)F. The van der Waals surface area contributed by atoms with Gasteiger partial charge in [0.1, 0.15) is 11.9 Å². The summed E-state index contributed by atoms with van der Waals surface area (Å²) in [5.74, 6) is -0.329. The highest BCUT2D eigenvalue weighted by Gasteiger charge is 2.31. The van der Waals surface area contributed by atoms with E-state index in [1.165, 1.54) is 26.0 Å². The van der Waals surface area contributed by atoms with Gasteiger partial charge in [-0.15, -0.1) is 13.2 Å². The van der Waals surface area contributed by atoms with Crippen molar-refractivity contribution in [1.82, 2.24) is 0 Å². The molecule has 5 heteroatoms. The molecule has 1 unspecified atom stereocenters. The minimum atomic E-state index is -4.71. The normalized spacial score (nSPS) is 13.7. The largest absolute Gasteiger partial charge is 0.573 e. The Bertz CT molecular complexity index is 344. The van der Waals surface area contributed by atoms with E-state index in [4.69, 9.17) is 0 Å². The van der Waals surface area contributed by atoms with E-state index < -0.39 is 12.5 Å². The van der Waals surface area contributed by atoms with Crippen molar-refractivity contribution in [3.63, 3.8) is 0 Å². The van der Waals surface area contributed by atoms with Crippen LogP contribution in [0.4, 0.5) is 17.6 Å². The van der Waals surface area contributed by atoms with E-state index in [1.807, 2.05) is 0 Å². The van der Waals surface area contributed by atoms with Crippen LogP contribution in [0, 0.1) is 6.92 Å². The van der Waals surface area contributed by atoms with Gasteiger partial charge in [-0.05, 0) is 37.1 Å². The van der Waals surface area contributed by atoms with Gasteiger partial charge in [-0.2, -0.15) is 0 Å². The molecule has 0 N–H and O–H groups in total. The first kappa shape index (κ1) is 11.8. The molecule has 0 aliphatic rings. The van der Waals surface area contributed by atoms with Crippen molar-refractivity contribution < 1.29 is 22.3 Å². The van der Waals surface area contributed by atoms with E-state index >= 15 is 0 Å². The number of rotatable bonds is 2. The Hall–Kier alpha value is -1.26. The van der Waals surface area contributed by atoms with Gasteiger partial charge in [-0.1, -0.05) is 6.07 Å². The summed E-state index contributed by atoms with van der Waals surface area (Å²) in [5, 5.41) is 0. The Morgan fingerprint density at radius 3 is 2.27 bits per heavy atom. The number of halogens is 4. The van der Waals surface area contributed by atoms with Crippen LogP contribution in [0.25, 0.3) is 0 Å². The molecule has 0 aliphatic carbocycles. The zero-order valence-electron chi connectivity index (χ0n) is 8.23. The molecule has 1 aromatic rings. The first-order valence-electron chi connectivity index (χ1n) is 4.30. The molecular formula is C10H10F4O. The molecule has 0 saturated carbocycles. The number of aryl methyl sites for hydroxylation is 1. The number of benzene rings is 1. The minimum Gasteiger partial charge on any atom is -0.406 e. The van der Waals surface area contributed by atoms with Crippen molar-refractivity contribution in [2.75, 3.05) is 0 Å². The summed E-state index contributed by atoms with van der Waals surface area (Å²) >= 11 is 0. The molecule has 0 radical (unpaired) electrons. The molecule has 0 amide bonds. The van der Waals surface area contributed by atoms with Gasteiger partial charge >= 0.3 is 6.36 Å². The Balaban J connectivity index is 2.92. The van der Waals surface area contributed by atoms with Crippen LogP contribution in [-0.4, -0.2) is 6.36 Å². The summed E-state index contributed by atoms with van der Waals surface area (Å²) in [7, 11) is 0. The lowest BCUT2D eigenvalue weighted by Crippen LogP contribution is -2.17. The van der Waals surface area contributed by atoms with E-state index in [1.54, 1.807) is 0 Å². The van der Waals surface area contributed by atoms with Gasteiger partial charge in [0.2, 0.25) is 0 Å². The van der Waals surface area contributed by atoms with Crippen LogP contribution in [0.5, 0.6) is 5.75 Å². The molecular weight excluding hydrogens is 212 g/mol. The molecule has 1 rings (SSSR count). The predicted molar refractivity (Wildman–Crippen MR) is 47.4 cm³/mol. The maximum Gasteiger partial charge on any atom is 0.573 e. The third-order valence-electron chi connectivity index (χ3n) is 1.90. The lowest BCUT2D eigenvalue weighted by molar-refractivity contribution is -0.274. The Kier molecular flexibility index (Phi) is 3.21. The highest BCUT2D eigenvalue weighted by Crippen LogP contribution is 2.28. The van der Waals surface area contributed by atoms with Crippen molar-refractivity contribution >= 4 is 0 Å². The molecule has 84 valence electrons. The number of hydrogen-bond donors (Lipinski definition) is 0. The van der Waals surface area contributed by atoms with Crippen LogP contribution in [0.3, 0.4) is 0 Å². The maximum atomic E-state index is 12.9. The molecule has 0 bridgehead atoms. The highest BCUT2D eigenvalue weighted by molar-refractivity contribution is 5.35. The fraction of sp³-hybridized carbons (Fsp3) is 0.400. The minimum absolute atomic E-state index is 0.329. The van der Waals surface area contributed by atoms with Gasteiger partial charge in [0, 0.05) is 0 Å². The van der Waals surface area contributed by atoms with Gasteiger partial charge in [0.05, 0.1) is 0 Å². The summed E-state index contributed by atoms with van der Waals surface area (Å²) in [6, 6.07) is 3.56. The summed E-state index contributed by atoms with van der Waals surface area (Å²) in [6.45, 7) is 2.86. The van der Waals surface area contributed by atoms with Crippen LogP contribution in [0.2, 0.25) is 0 Å². The lowest BCUT2D eigenvalue weighted by atomic mass is 10.1. The van der Waals surface area contributed by atoms with Crippen molar-refractivity contribution in [1.29, 1.82) is 0 Å². The Morgan fingerprint density at radius 2 is 1.87 bits per heavy atom. The second-order valence-corrected chi connectivity index (χ2v) is 3.18. The molecule has 0 aliphatic heterocycles. The van der Waals surface area contributed by atoms with Gasteiger partial charge in [-0.25, -0.2) is 4.39 Å². The first-order valence-corrected chi connectivity index (χ1v) is 4.30. The standard InChI is InChI=1S/C10H10F4O/c1-6-5-8(15-10(12,13)14)3-4-9(6)7(2)11/h3-5,7H,1-2H3. The summed E-state index contributed by atoms with van der Waals surface area (Å²) in [6.07, 6.45) is -5.92. The van der Waals surface area contributed by atoms with Gasteiger partial charge in [0.15, 0.2) is 0 Å². The van der Waals surface area contributed by atoms with Crippen molar-refractivity contribution in [3.05, 3.63) is 29.3 Å². The van der Waals surface area contributed by atoms with Crippen molar-refractivity contribution in [2.24, 2.45) is 0 Å². The molecule has 0 saturated heterocycles. The van der Waals surface area contributed by atoms with Gasteiger partial charge in [0.25, 0.3) is 0 Å². The molecule has 1 nitrogen and oxygen atoms in total. The molecule has 0 fully saturated rings. The fourth-order valence-corrected chi connectivity index (χ4v) is 1.29. The zero-order valence-corrected chi connectivity index (χ0v) is 8.23. The van der Waals surface area contributed by atoms with E-state index in [0.29, 0.717) is 11.1 Å². The lowest BCUT2D eigenvalue weighted by Gasteiger charge is -2.12. The average Bonchev–Trinajstić information content (AvgIpc) is 1.99. The second-order valence-electron chi connectivity index (χ2n) is 3.18. The molecule has 15 heavy (non-hydrogen) atoms. The topological polar surface area (TPSA) is 9.23 Å². The van der Waals surface area contributed by atoms with E-state index in [9.17, 15) is 17.6 Å². The van der Waals surface area contributed by atoms with Crippen LogP contribution in [-0.2, 0) is 0 Å². The molecule has 1 aromatic carbocycles. The smallest absolute Gasteiger partial charge is 0.406 e. The third kappa shape index (κ3) is 3.42. The number of hydrogen-bond acceptors (Lipinski definition) is 1. The Morgan fingerprint density at radius 1 is 1.27 bits per heavy atom. The Labute approximate surface area is 84.7 Å². The van der Waals surface area contributed by atoms with Crippen molar-refractivity contribution in [2.45, 2.75) is 26.4 Å². The zero-order chi connectivity index (χ0) is 11.6. The summed E-state index contributed by atoms with van der Waals surface area (Å²) in [4.78, 5) is 0. The number of alkyl halides is 4. The monoisotopic (exact) mass is 222 g/mol. The van der Waals surface area contributed by atoms with Gasteiger partial charge < -0.3 is 4.74 Å². The molecule has 0 spiro atoms. The van der Waals surface area contributed by atoms with Crippen LogP contribution in [0.15, 0.2) is 18.2 Å². The van der Waals surface area contributed by atoms with Crippen molar-refractivity contribution in [3.8, 4) is 5.75 Å². The van der Waals surface area contributed by atoms with Crippen LogP contribution >= 0.6 is 0 Å². The highest BCUT2D eigenvalue weighted by atomic mass is 19.4. The molecule has 0 heterocycles. The van der Waals surface area contributed by atoms with Crippen LogP contribution in [0.1, 0.15) is 24.2 Å². The predicted octanol–water partition coefficient (Wildman–Crippen LogP) is 3.92. The first-order chi connectivity index (χ1) is 6.79. The average molecular weight is 222 g/mol. The van der Waals surface area contributed by atoms with E-state index in [0.717, 1.165) is 6.07 Å². The maximum absolute atomic E-state index is 12.9. The summed E-state index contributed by atoms with van der Waals surface area (Å²) < 4.78 is 52.1. The quantitative estimate of drug-likeness (QED) is 0.689. The van der Waals surface area contributed by atoms with Gasteiger partial charge in [-0.3, -0.25) is 0 Å². The van der Waals surface area contributed by atoms with Crippen LogP contribution < -0.4 is 4.74 Å². The van der Waals surface area contributed by atoms with E-state index in [-0.39, 0.29) is 5.75 Å². The number of ether oxygens (including phenoxy) is 1. The second kappa shape index (κ2) is 4.08. The molecule has 0 aromatic heterocycles. The van der Waals surface area contributed by atoms with E-state index in [2.05, 4.69) is 4.74 Å².